The SMILES string of the molecule is CCN(c1nc(CN2CCOCC2)nc2scc(-c3ccccc3)c12)C1CCCCC1. The van der Waals surface area contributed by atoms with Gasteiger partial charge in [0.2, 0.25) is 0 Å². The predicted molar refractivity (Wildman–Crippen MR) is 129 cm³/mol. The summed E-state index contributed by atoms with van der Waals surface area (Å²) in [6.07, 6.45) is 6.55. The van der Waals surface area contributed by atoms with Crippen molar-refractivity contribution in [2.75, 3.05) is 37.7 Å². The number of rotatable bonds is 6. The van der Waals surface area contributed by atoms with E-state index < -0.39 is 0 Å². The molecular weight excluding hydrogens is 404 g/mol. The Bertz CT molecular complexity index is 993. The van der Waals surface area contributed by atoms with Gasteiger partial charge in [-0.05, 0) is 25.3 Å². The molecule has 6 heteroatoms. The molecule has 2 fully saturated rings. The molecule has 0 radical (unpaired) electrons. The van der Waals surface area contributed by atoms with Crippen LogP contribution < -0.4 is 4.90 Å². The van der Waals surface area contributed by atoms with E-state index in [0.717, 1.165) is 55.9 Å². The van der Waals surface area contributed by atoms with Crippen molar-refractivity contribution >= 4 is 27.4 Å². The largest absolute Gasteiger partial charge is 0.379 e. The number of hydrogen-bond acceptors (Lipinski definition) is 6. The summed E-state index contributed by atoms with van der Waals surface area (Å²) in [6, 6.07) is 11.3. The lowest BCUT2D eigenvalue weighted by Crippen LogP contribution is -2.38. The highest BCUT2D eigenvalue weighted by Crippen LogP contribution is 2.40. The Morgan fingerprint density at radius 3 is 2.58 bits per heavy atom. The van der Waals surface area contributed by atoms with Gasteiger partial charge in [0.1, 0.15) is 16.5 Å². The molecule has 1 aliphatic carbocycles. The molecule has 0 spiro atoms. The van der Waals surface area contributed by atoms with Crippen LogP contribution in [0.3, 0.4) is 0 Å². The fourth-order valence-corrected chi connectivity index (χ4v) is 5.97. The van der Waals surface area contributed by atoms with Crippen molar-refractivity contribution in [3.8, 4) is 11.1 Å². The number of nitrogens with zero attached hydrogens (tertiary/aromatic N) is 4. The Balaban J connectivity index is 1.60. The number of thiophene rings is 1. The molecule has 0 amide bonds. The summed E-state index contributed by atoms with van der Waals surface area (Å²) in [7, 11) is 0. The van der Waals surface area contributed by atoms with Crippen LogP contribution in [0.15, 0.2) is 35.7 Å². The third-order valence-electron chi connectivity index (χ3n) is 6.64. The molecule has 164 valence electrons. The molecule has 0 atom stereocenters. The van der Waals surface area contributed by atoms with Crippen molar-refractivity contribution < 1.29 is 4.74 Å². The first-order valence-electron chi connectivity index (χ1n) is 11.7. The molecule has 0 bridgehead atoms. The fourth-order valence-electron chi connectivity index (χ4n) is 5.01. The summed E-state index contributed by atoms with van der Waals surface area (Å²) in [5.41, 5.74) is 2.52. The van der Waals surface area contributed by atoms with Crippen LogP contribution in [-0.2, 0) is 11.3 Å². The molecule has 0 unspecified atom stereocenters. The standard InChI is InChI=1S/C25H32N4OS/c1-2-29(20-11-7-4-8-12-20)24-23-21(19-9-5-3-6-10-19)18-31-25(23)27-22(26-24)17-28-13-15-30-16-14-28/h3,5-6,9-10,18,20H,2,4,7-8,11-17H2,1H3. The number of anilines is 1. The van der Waals surface area contributed by atoms with Crippen molar-refractivity contribution in [2.24, 2.45) is 0 Å². The van der Waals surface area contributed by atoms with Gasteiger partial charge >= 0.3 is 0 Å². The van der Waals surface area contributed by atoms with Gasteiger partial charge in [0.05, 0.1) is 25.1 Å². The van der Waals surface area contributed by atoms with E-state index in [1.165, 1.54) is 48.6 Å². The minimum Gasteiger partial charge on any atom is -0.379 e. The Kier molecular flexibility index (Phi) is 6.48. The number of aromatic nitrogens is 2. The van der Waals surface area contributed by atoms with Gasteiger partial charge in [0.25, 0.3) is 0 Å². The van der Waals surface area contributed by atoms with Gasteiger partial charge in [0.15, 0.2) is 0 Å². The highest BCUT2D eigenvalue weighted by atomic mass is 32.1. The second kappa shape index (κ2) is 9.63. The maximum atomic E-state index is 5.53. The van der Waals surface area contributed by atoms with Crippen molar-refractivity contribution in [1.29, 1.82) is 0 Å². The molecule has 1 saturated heterocycles. The van der Waals surface area contributed by atoms with Gasteiger partial charge in [-0.3, -0.25) is 4.90 Å². The first-order chi connectivity index (χ1) is 15.3. The van der Waals surface area contributed by atoms with Crippen LogP contribution in [0.25, 0.3) is 21.3 Å². The first-order valence-corrected chi connectivity index (χ1v) is 12.6. The quantitative estimate of drug-likeness (QED) is 0.521. The average Bonchev–Trinajstić information content (AvgIpc) is 3.26. The Hall–Kier alpha value is -2.02. The lowest BCUT2D eigenvalue weighted by atomic mass is 9.94. The highest BCUT2D eigenvalue weighted by Gasteiger charge is 2.26. The fraction of sp³-hybridized carbons (Fsp3) is 0.520. The number of morpholine rings is 1. The zero-order valence-corrected chi connectivity index (χ0v) is 19.2. The van der Waals surface area contributed by atoms with E-state index in [1.54, 1.807) is 11.3 Å². The maximum Gasteiger partial charge on any atom is 0.146 e. The minimum atomic E-state index is 0.580. The zero-order chi connectivity index (χ0) is 21.0. The van der Waals surface area contributed by atoms with E-state index >= 15 is 0 Å². The molecule has 5 nitrogen and oxygen atoms in total. The molecule has 1 aromatic carbocycles. The van der Waals surface area contributed by atoms with E-state index in [4.69, 9.17) is 14.7 Å². The summed E-state index contributed by atoms with van der Waals surface area (Å²) in [5.74, 6) is 2.09. The third kappa shape index (κ3) is 4.47. The van der Waals surface area contributed by atoms with Gasteiger partial charge in [-0.25, -0.2) is 9.97 Å². The van der Waals surface area contributed by atoms with Crippen LogP contribution >= 0.6 is 11.3 Å². The average molecular weight is 437 g/mol. The van der Waals surface area contributed by atoms with Crippen molar-refractivity contribution in [3.63, 3.8) is 0 Å². The van der Waals surface area contributed by atoms with Crippen LogP contribution in [0.5, 0.6) is 0 Å². The second-order valence-electron chi connectivity index (χ2n) is 8.63. The molecule has 2 aromatic heterocycles. The normalized spacial score (nSPS) is 18.5. The van der Waals surface area contributed by atoms with Crippen molar-refractivity contribution in [3.05, 3.63) is 41.5 Å². The van der Waals surface area contributed by atoms with Crippen LogP contribution in [0.1, 0.15) is 44.9 Å². The highest BCUT2D eigenvalue weighted by molar-refractivity contribution is 7.17. The molecule has 1 saturated carbocycles. The Morgan fingerprint density at radius 1 is 1.06 bits per heavy atom. The van der Waals surface area contributed by atoms with E-state index in [-0.39, 0.29) is 0 Å². The van der Waals surface area contributed by atoms with E-state index in [1.807, 2.05) is 0 Å². The van der Waals surface area contributed by atoms with Gasteiger partial charge < -0.3 is 9.64 Å². The first kappa shape index (κ1) is 20.9. The molecule has 5 rings (SSSR count). The smallest absolute Gasteiger partial charge is 0.146 e. The number of benzene rings is 1. The zero-order valence-electron chi connectivity index (χ0n) is 18.4. The van der Waals surface area contributed by atoms with E-state index in [2.05, 4.69) is 52.4 Å². The Labute approximate surface area is 189 Å². The van der Waals surface area contributed by atoms with Gasteiger partial charge in [-0.2, -0.15) is 0 Å². The second-order valence-corrected chi connectivity index (χ2v) is 9.48. The van der Waals surface area contributed by atoms with Crippen LogP contribution in [0.2, 0.25) is 0 Å². The lowest BCUT2D eigenvalue weighted by Gasteiger charge is -2.35. The van der Waals surface area contributed by atoms with Crippen molar-refractivity contribution in [2.45, 2.75) is 51.6 Å². The maximum absolute atomic E-state index is 5.53. The molecule has 3 aromatic rings. The van der Waals surface area contributed by atoms with Crippen LogP contribution in [0.4, 0.5) is 5.82 Å². The minimum absolute atomic E-state index is 0.580. The van der Waals surface area contributed by atoms with Gasteiger partial charge in [-0.15, -0.1) is 11.3 Å². The topological polar surface area (TPSA) is 41.5 Å². The number of ether oxygens (including phenoxy) is 1. The predicted octanol–water partition coefficient (Wildman–Crippen LogP) is 5.35. The van der Waals surface area contributed by atoms with E-state index in [0.29, 0.717) is 6.04 Å². The molecule has 1 aliphatic heterocycles. The van der Waals surface area contributed by atoms with Gasteiger partial charge in [0, 0.05) is 36.6 Å². The summed E-state index contributed by atoms with van der Waals surface area (Å²) < 4.78 is 5.53. The summed E-state index contributed by atoms with van der Waals surface area (Å²) in [4.78, 5) is 16.4. The van der Waals surface area contributed by atoms with Crippen LogP contribution in [0, 0.1) is 0 Å². The van der Waals surface area contributed by atoms with Crippen LogP contribution in [-0.4, -0.2) is 53.8 Å². The van der Waals surface area contributed by atoms with E-state index in [9.17, 15) is 0 Å². The lowest BCUT2D eigenvalue weighted by molar-refractivity contribution is 0.0331. The Morgan fingerprint density at radius 2 is 1.84 bits per heavy atom. The third-order valence-corrected chi connectivity index (χ3v) is 7.51. The molecule has 3 heterocycles. The molecule has 0 N–H and O–H groups in total. The summed E-state index contributed by atoms with van der Waals surface area (Å²) in [6.45, 7) is 7.57. The number of fused-ring (bicyclic) bond motifs is 1. The number of hydrogen-bond donors (Lipinski definition) is 0. The van der Waals surface area contributed by atoms with Gasteiger partial charge in [-0.1, -0.05) is 49.6 Å². The molecule has 2 aliphatic rings. The summed E-state index contributed by atoms with van der Waals surface area (Å²) >= 11 is 1.75. The van der Waals surface area contributed by atoms with Crippen molar-refractivity contribution in [1.82, 2.24) is 14.9 Å². The molecule has 31 heavy (non-hydrogen) atoms. The summed E-state index contributed by atoms with van der Waals surface area (Å²) in [5, 5.41) is 3.50. The molecular formula is C25H32N4OS. The monoisotopic (exact) mass is 436 g/mol.